The summed E-state index contributed by atoms with van der Waals surface area (Å²) in [6.07, 6.45) is 8.99. The molecule has 1 saturated carbocycles. The van der Waals surface area contributed by atoms with Gasteiger partial charge in [0.15, 0.2) is 0 Å². The zero-order chi connectivity index (χ0) is 10.4. The molecule has 0 spiro atoms. The van der Waals surface area contributed by atoms with Crippen LogP contribution in [0.3, 0.4) is 0 Å². The minimum absolute atomic E-state index is 0.0205. The highest BCUT2D eigenvalue weighted by molar-refractivity contribution is 5.76. The first kappa shape index (κ1) is 11.1. The van der Waals surface area contributed by atoms with Crippen molar-refractivity contribution in [2.75, 3.05) is 13.2 Å². The normalized spacial score (nSPS) is 17.1. The van der Waals surface area contributed by atoms with Gasteiger partial charge in [-0.25, -0.2) is 0 Å². The second kappa shape index (κ2) is 5.02. The number of aliphatic hydroxyl groups excluding tert-OH is 1. The summed E-state index contributed by atoms with van der Waals surface area (Å²) in [6, 6.07) is 0. The first-order chi connectivity index (χ1) is 6.72. The molecule has 0 saturated heterocycles. The van der Waals surface area contributed by atoms with Gasteiger partial charge in [-0.1, -0.05) is 0 Å². The van der Waals surface area contributed by atoms with Gasteiger partial charge in [-0.15, -0.1) is 12.3 Å². The number of hydrogen-bond donors (Lipinski definition) is 2. The van der Waals surface area contributed by atoms with E-state index >= 15 is 0 Å². The molecule has 0 aromatic rings. The van der Waals surface area contributed by atoms with Crippen molar-refractivity contribution in [3.63, 3.8) is 0 Å². The molecule has 3 nitrogen and oxygen atoms in total. The van der Waals surface area contributed by atoms with Gasteiger partial charge < -0.3 is 10.4 Å². The molecule has 0 unspecified atom stereocenters. The third-order valence-corrected chi connectivity index (χ3v) is 2.76. The quantitative estimate of drug-likeness (QED) is 0.612. The van der Waals surface area contributed by atoms with Crippen molar-refractivity contribution in [2.45, 2.75) is 32.1 Å². The molecule has 0 bridgehead atoms. The molecule has 0 heterocycles. The van der Waals surface area contributed by atoms with Gasteiger partial charge in [0.1, 0.15) is 0 Å². The Bertz CT molecular complexity index is 238. The summed E-state index contributed by atoms with van der Waals surface area (Å²) in [5.74, 6) is 2.46. The van der Waals surface area contributed by atoms with Crippen LogP contribution >= 0.6 is 0 Å². The first-order valence-corrected chi connectivity index (χ1v) is 5.03. The summed E-state index contributed by atoms with van der Waals surface area (Å²) in [5.41, 5.74) is 0.195. The fourth-order valence-corrected chi connectivity index (χ4v) is 1.49. The van der Waals surface area contributed by atoms with Crippen molar-refractivity contribution in [1.82, 2.24) is 5.32 Å². The highest BCUT2D eigenvalue weighted by Crippen LogP contribution is 2.47. The van der Waals surface area contributed by atoms with Crippen LogP contribution in [0.15, 0.2) is 0 Å². The van der Waals surface area contributed by atoms with Crippen molar-refractivity contribution >= 4 is 5.91 Å². The molecule has 0 radical (unpaired) electrons. The SMILES string of the molecule is C#CCCC(=O)NCC1(CCO)CC1. The van der Waals surface area contributed by atoms with Crippen LogP contribution in [0.5, 0.6) is 0 Å². The maximum Gasteiger partial charge on any atom is 0.220 e. The molecule has 3 heteroatoms. The lowest BCUT2D eigenvalue weighted by Gasteiger charge is -2.13. The van der Waals surface area contributed by atoms with E-state index in [0.29, 0.717) is 19.4 Å². The molecule has 78 valence electrons. The van der Waals surface area contributed by atoms with Crippen molar-refractivity contribution in [3.8, 4) is 12.3 Å². The Morgan fingerprint density at radius 1 is 1.57 bits per heavy atom. The van der Waals surface area contributed by atoms with Gasteiger partial charge in [-0.3, -0.25) is 4.79 Å². The van der Waals surface area contributed by atoms with Crippen LogP contribution in [-0.2, 0) is 4.79 Å². The summed E-state index contributed by atoms with van der Waals surface area (Å²) in [7, 11) is 0. The Morgan fingerprint density at radius 3 is 2.79 bits per heavy atom. The van der Waals surface area contributed by atoms with Gasteiger partial charge in [-0.2, -0.15) is 0 Å². The number of hydrogen-bond acceptors (Lipinski definition) is 2. The highest BCUT2D eigenvalue weighted by Gasteiger charge is 2.41. The van der Waals surface area contributed by atoms with E-state index in [2.05, 4.69) is 11.2 Å². The summed E-state index contributed by atoms with van der Waals surface area (Å²) in [6.45, 7) is 0.900. The monoisotopic (exact) mass is 195 g/mol. The molecule has 0 aliphatic heterocycles. The van der Waals surface area contributed by atoms with Gasteiger partial charge >= 0.3 is 0 Å². The van der Waals surface area contributed by atoms with Crippen molar-refractivity contribution in [3.05, 3.63) is 0 Å². The Labute approximate surface area is 84.9 Å². The standard InChI is InChI=1S/C11H17NO2/c1-2-3-4-10(14)12-9-11(5-6-11)7-8-13/h1,13H,3-9H2,(H,12,14). The molecule has 1 aliphatic rings. The number of nitrogens with one attached hydrogen (secondary N) is 1. The van der Waals surface area contributed by atoms with E-state index in [9.17, 15) is 4.79 Å². The lowest BCUT2D eigenvalue weighted by Crippen LogP contribution is -2.30. The van der Waals surface area contributed by atoms with E-state index in [0.717, 1.165) is 19.3 Å². The van der Waals surface area contributed by atoms with Crippen molar-refractivity contribution in [1.29, 1.82) is 0 Å². The van der Waals surface area contributed by atoms with E-state index < -0.39 is 0 Å². The minimum atomic E-state index is 0.0205. The predicted molar refractivity (Wildman–Crippen MR) is 54.4 cm³/mol. The predicted octanol–water partition coefficient (Wildman–Crippen LogP) is 0.679. The van der Waals surface area contributed by atoms with Gasteiger partial charge in [0.25, 0.3) is 0 Å². The van der Waals surface area contributed by atoms with Crippen LogP contribution in [0.1, 0.15) is 32.1 Å². The molecule has 1 amide bonds. The zero-order valence-electron chi connectivity index (χ0n) is 8.38. The number of terminal acetylenes is 1. The number of rotatable bonds is 6. The Morgan fingerprint density at radius 2 is 2.29 bits per heavy atom. The maximum absolute atomic E-state index is 11.2. The second-order valence-corrected chi connectivity index (χ2v) is 3.95. The van der Waals surface area contributed by atoms with E-state index in [4.69, 9.17) is 11.5 Å². The Kier molecular flexibility index (Phi) is 3.97. The molecule has 1 fully saturated rings. The largest absolute Gasteiger partial charge is 0.396 e. The lowest BCUT2D eigenvalue weighted by atomic mass is 10.0. The van der Waals surface area contributed by atoms with Crippen molar-refractivity contribution < 1.29 is 9.90 Å². The van der Waals surface area contributed by atoms with Crippen LogP contribution in [0.4, 0.5) is 0 Å². The third kappa shape index (κ3) is 3.39. The smallest absolute Gasteiger partial charge is 0.220 e. The molecule has 1 aliphatic carbocycles. The van der Waals surface area contributed by atoms with Gasteiger partial charge in [0, 0.05) is 26.0 Å². The number of aliphatic hydroxyl groups is 1. The molecule has 14 heavy (non-hydrogen) atoms. The van der Waals surface area contributed by atoms with Gasteiger partial charge in [-0.05, 0) is 24.7 Å². The second-order valence-electron chi connectivity index (χ2n) is 3.95. The molecule has 0 aromatic heterocycles. The van der Waals surface area contributed by atoms with E-state index in [-0.39, 0.29) is 17.9 Å². The number of carbonyl (C=O) groups excluding carboxylic acids is 1. The topological polar surface area (TPSA) is 49.3 Å². The van der Waals surface area contributed by atoms with Crippen LogP contribution in [-0.4, -0.2) is 24.2 Å². The highest BCUT2D eigenvalue weighted by atomic mass is 16.3. The molecular weight excluding hydrogens is 178 g/mol. The molecule has 2 N–H and O–H groups in total. The molecule has 0 aromatic carbocycles. The van der Waals surface area contributed by atoms with E-state index in [1.165, 1.54) is 0 Å². The Balaban J connectivity index is 2.14. The average Bonchev–Trinajstić information content (AvgIpc) is 2.93. The maximum atomic E-state index is 11.2. The molecule has 1 rings (SSSR count). The average molecular weight is 195 g/mol. The fourth-order valence-electron chi connectivity index (χ4n) is 1.49. The number of carbonyl (C=O) groups is 1. The number of amides is 1. The first-order valence-electron chi connectivity index (χ1n) is 5.03. The molecule has 0 atom stereocenters. The summed E-state index contributed by atoms with van der Waals surface area (Å²) < 4.78 is 0. The summed E-state index contributed by atoms with van der Waals surface area (Å²) in [5, 5.41) is 11.7. The minimum Gasteiger partial charge on any atom is -0.396 e. The summed E-state index contributed by atoms with van der Waals surface area (Å²) in [4.78, 5) is 11.2. The summed E-state index contributed by atoms with van der Waals surface area (Å²) >= 11 is 0. The van der Waals surface area contributed by atoms with Crippen molar-refractivity contribution in [2.24, 2.45) is 5.41 Å². The van der Waals surface area contributed by atoms with Crippen LogP contribution < -0.4 is 5.32 Å². The van der Waals surface area contributed by atoms with Crippen LogP contribution in [0.2, 0.25) is 0 Å². The van der Waals surface area contributed by atoms with Crippen LogP contribution in [0, 0.1) is 17.8 Å². The Hall–Kier alpha value is -1.01. The van der Waals surface area contributed by atoms with E-state index in [1.807, 2.05) is 0 Å². The van der Waals surface area contributed by atoms with Gasteiger partial charge in [0.2, 0.25) is 5.91 Å². The van der Waals surface area contributed by atoms with Gasteiger partial charge in [0.05, 0.1) is 0 Å². The zero-order valence-corrected chi connectivity index (χ0v) is 8.38. The fraction of sp³-hybridized carbons (Fsp3) is 0.727. The third-order valence-electron chi connectivity index (χ3n) is 2.76. The molecular formula is C11H17NO2. The van der Waals surface area contributed by atoms with Crippen LogP contribution in [0.25, 0.3) is 0 Å². The lowest BCUT2D eigenvalue weighted by molar-refractivity contribution is -0.121. The van der Waals surface area contributed by atoms with E-state index in [1.54, 1.807) is 0 Å².